The highest BCUT2D eigenvalue weighted by atomic mass is 16.5. The first-order valence-electron chi connectivity index (χ1n) is 4.95. The topological polar surface area (TPSA) is 47.0 Å². The Morgan fingerprint density at radius 1 is 1.50 bits per heavy atom. The zero-order valence-electron chi connectivity index (χ0n) is 8.31. The van der Waals surface area contributed by atoms with Gasteiger partial charge in [0.05, 0.1) is 24.7 Å². The van der Waals surface area contributed by atoms with Crippen LogP contribution in [0.2, 0.25) is 0 Å². The van der Waals surface area contributed by atoms with Gasteiger partial charge in [0.15, 0.2) is 0 Å². The summed E-state index contributed by atoms with van der Waals surface area (Å²) in [5.74, 6) is 0.607. The van der Waals surface area contributed by atoms with Gasteiger partial charge in [-0.05, 0) is 13.3 Å². The van der Waals surface area contributed by atoms with E-state index in [-0.39, 0.29) is 0 Å². The van der Waals surface area contributed by atoms with Gasteiger partial charge in [0.1, 0.15) is 6.33 Å². The molecular weight excluding hydrogens is 178 g/mol. The van der Waals surface area contributed by atoms with E-state index in [1.807, 2.05) is 0 Å². The maximum Gasteiger partial charge on any atom is 0.115 e. The van der Waals surface area contributed by atoms with E-state index < -0.39 is 0 Å². The number of anilines is 1. The van der Waals surface area contributed by atoms with Crippen molar-refractivity contribution in [2.45, 2.75) is 19.4 Å². The molecule has 2 rings (SSSR count). The minimum absolute atomic E-state index is 0.420. The predicted molar refractivity (Wildman–Crippen MR) is 54.0 cm³/mol. The molecule has 0 bridgehead atoms. The van der Waals surface area contributed by atoms with Crippen molar-refractivity contribution in [1.82, 2.24) is 9.97 Å². The van der Waals surface area contributed by atoms with Crippen LogP contribution in [-0.4, -0.2) is 29.2 Å². The molecular formula is C10H15N3O. The molecule has 4 heteroatoms. The van der Waals surface area contributed by atoms with Gasteiger partial charge in [-0.15, -0.1) is 0 Å². The van der Waals surface area contributed by atoms with Crippen LogP contribution in [0, 0.1) is 5.92 Å². The summed E-state index contributed by atoms with van der Waals surface area (Å²) in [7, 11) is 0. The van der Waals surface area contributed by atoms with Gasteiger partial charge in [0.25, 0.3) is 0 Å². The smallest absolute Gasteiger partial charge is 0.115 e. The van der Waals surface area contributed by atoms with Gasteiger partial charge in [-0.1, -0.05) is 0 Å². The molecule has 0 spiro atoms. The second-order valence-corrected chi connectivity index (χ2v) is 3.68. The van der Waals surface area contributed by atoms with Crippen LogP contribution >= 0.6 is 0 Å². The number of rotatable bonds is 3. The van der Waals surface area contributed by atoms with Crippen LogP contribution in [0.25, 0.3) is 0 Å². The Bertz CT molecular complexity index is 272. The number of nitrogens with zero attached hydrogens (tertiary/aromatic N) is 2. The monoisotopic (exact) mass is 193 g/mol. The molecule has 0 aromatic carbocycles. The number of ether oxygens (including phenoxy) is 1. The fraction of sp³-hybridized carbons (Fsp3) is 0.600. The molecule has 1 aromatic heterocycles. The van der Waals surface area contributed by atoms with Crippen molar-refractivity contribution >= 4 is 5.69 Å². The van der Waals surface area contributed by atoms with Crippen LogP contribution in [0.3, 0.4) is 0 Å². The third-order valence-electron chi connectivity index (χ3n) is 2.63. The summed E-state index contributed by atoms with van der Waals surface area (Å²) in [6.07, 6.45) is 6.26. The zero-order valence-corrected chi connectivity index (χ0v) is 8.31. The Morgan fingerprint density at radius 2 is 2.29 bits per heavy atom. The van der Waals surface area contributed by atoms with Gasteiger partial charge in [0.2, 0.25) is 0 Å². The molecule has 1 aromatic rings. The molecule has 1 aliphatic heterocycles. The fourth-order valence-corrected chi connectivity index (χ4v) is 1.70. The highest BCUT2D eigenvalue weighted by molar-refractivity contribution is 5.38. The predicted octanol–water partition coefficient (Wildman–Crippen LogP) is 1.31. The van der Waals surface area contributed by atoms with Crippen molar-refractivity contribution in [2.75, 3.05) is 18.5 Å². The third-order valence-corrected chi connectivity index (χ3v) is 2.63. The largest absolute Gasteiger partial charge is 0.381 e. The highest BCUT2D eigenvalue weighted by Crippen LogP contribution is 2.19. The van der Waals surface area contributed by atoms with Crippen LogP contribution in [-0.2, 0) is 4.74 Å². The highest BCUT2D eigenvalue weighted by Gasteiger charge is 2.21. The first-order valence-corrected chi connectivity index (χ1v) is 4.95. The fourth-order valence-electron chi connectivity index (χ4n) is 1.70. The molecule has 0 amide bonds. The first kappa shape index (κ1) is 9.40. The van der Waals surface area contributed by atoms with Gasteiger partial charge in [-0.2, -0.15) is 0 Å². The Balaban J connectivity index is 1.90. The Labute approximate surface area is 83.7 Å². The number of hydrogen-bond acceptors (Lipinski definition) is 4. The summed E-state index contributed by atoms with van der Waals surface area (Å²) in [5, 5.41) is 3.38. The van der Waals surface area contributed by atoms with Crippen LogP contribution in [0.15, 0.2) is 18.7 Å². The molecule has 2 unspecified atom stereocenters. The van der Waals surface area contributed by atoms with E-state index in [1.54, 1.807) is 12.4 Å². The third kappa shape index (κ3) is 2.20. The molecule has 76 valence electrons. The lowest BCUT2D eigenvalue weighted by Gasteiger charge is -2.19. The SMILES string of the molecule is CC(Nc1cncnc1)C1CCOC1. The standard InChI is InChI=1S/C10H15N3O/c1-8(9-2-3-14-6-9)13-10-4-11-7-12-5-10/h4-5,7-9,13H,2-3,6H2,1H3. The van der Waals surface area contributed by atoms with Crippen LogP contribution in [0.1, 0.15) is 13.3 Å². The van der Waals surface area contributed by atoms with Gasteiger partial charge < -0.3 is 10.1 Å². The Hall–Kier alpha value is -1.16. The average Bonchev–Trinajstić information content (AvgIpc) is 2.72. The van der Waals surface area contributed by atoms with E-state index in [0.717, 1.165) is 25.3 Å². The zero-order chi connectivity index (χ0) is 9.80. The number of nitrogens with one attached hydrogen (secondary N) is 1. The summed E-state index contributed by atoms with van der Waals surface area (Å²) in [5.41, 5.74) is 0.979. The number of hydrogen-bond donors (Lipinski definition) is 1. The Morgan fingerprint density at radius 3 is 2.93 bits per heavy atom. The lowest BCUT2D eigenvalue weighted by atomic mass is 10.0. The summed E-state index contributed by atoms with van der Waals surface area (Å²) in [6.45, 7) is 3.93. The maximum atomic E-state index is 5.34. The molecule has 0 saturated carbocycles. The minimum atomic E-state index is 0.420. The van der Waals surface area contributed by atoms with Gasteiger partial charge >= 0.3 is 0 Å². The molecule has 0 radical (unpaired) electrons. The van der Waals surface area contributed by atoms with Gasteiger partial charge in [0, 0.05) is 18.6 Å². The molecule has 14 heavy (non-hydrogen) atoms. The molecule has 0 aliphatic carbocycles. The van der Waals surface area contributed by atoms with E-state index in [9.17, 15) is 0 Å². The van der Waals surface area contributed by atoms with Crippen LogP contribution in [0.4, 0.5) is 5.69 Å². The maximum absolute atomic E-state index is 5.34. The van der Waals surface area contributed by atoms with E-state index in [0.29, 0.717) is 12.0 Å². The van der Waals surface area contributed by atoms with Crippen molar-refractivity contribution in [3.8, 4) is 0 Å². The van der Waals surface area contributed by atoms with Crippen molar-refractivity contribution in [3.05, 3.63) is 18.7 Å². The molecule has 4 nitrogen and oxygen atoms in total. The molecule has 1 N–H and O–H groups in total. The van der Waals surface area contributed by atoms with E-state index in [1.165, 1.54) is 6.33 Å². The molecule has 2 heterocycles. The second-order valence-electron chi connectivity index (χ2n) is 3.68. The minimum Gasteiger partial charge on any atom is -0.381 e. The summed E-state index contributed by atoms with van der Waals surface area (Å²) >= 11 is 0. The first-order chi connectivity index (χ1) is 6.86. The Kier molecular flexibility index (Phi) is 2.93. The van der Waals surface area contributed by atoms with Crippen molar-refractivity contribution in [1.29, 1.82) is 0 Å². The van der Waals surface area contributed by atoms with Crippen LogP contribution < -0.4 is 5.32 Å². The summed E-state index contributed by atoms with van der Waals surface area (Å²) < 4.78 is 5.34. The van der Waals surface area contributed by atoms with Crippen LogP contribution in [0.5, 0.6) is 0 Å². The molecule has 1 aliphatic rings. The normalized spacial score (nSPS) is 23.4. The number of aromatic nitrogens is 2. The van der Waals surface area contributed by atoms with E-state index in [4.69, 9.17) is 4.74 Å². The van der Waals surface area contributed by atoms with Gasteiger partial charge in [-0.25, -0.2) is 9.97 Å². The summed E-state index contributed by atoms with van der Waals surface area (Å²) in [6, 6.07) is 0.420. The van der Waals surface area contributed by atoms with E-state index in [2.05, 4.69) is 22.2 Å². The lowest BCUT2D eigenvalue weighted by molar-refractivity contribution is 0.183. The lowest BCUT2D eigenvalue weighted by Crippen LogP contribution is -2.26. The average molecular weight is 193 g/mol. The molecule has 1 saturated heterocycles. The second kappa shape index (κ2) is 4.37. The van der Waals surface area contributed by atoms with Crippen molar-refractivity contribution in [2.24, 2.45) is 5.92 Å². The van der Waals surface area contributed by atoms with E-state index >= 15 is 0 Å². The van der Waals surface area contributed by atoms with Crippen molar-refractivity contribution < 1.29 is 4.74 Å². The van der Waals surface area contributed by atoms with Crippen molar-refractivity contribution in [3.63, 3.8) is 0 Å². The molecule has 2 atom stereocenters. The quantitative estimate of drug-likeness (QED) is 0.786. The van der Waals surface area contributed by atoms with Gasteiger partial charge in [-0.3, -0.25) is 0 Å². The molecule has 1 fully saturated rings. The summed E-state index contributed by atoms with van der Waals surface area (Å²) in [4.78, 5) is 7.92.